The van der Waals surface area contributed by atoms with Gasteiger partial charge in [-0.25, -0.2) is 4.39 Å². The lowest BCUT2D eigenvalue weighted by Crippen LogP contribution is -2.35. The number of benzene rings is 2. The largest absolute Gasteiger partial charge is 0.496 e. The number of rotatable bonds is 8. The van der Waals surface area contributed by atoms with E-state index in [1.54, 1.807) is 19.2 Å². The number of halogens is 1. The Morgan fingerprint density at radius 1 is 1.18 bits per heavy atom. The number of hydrogen-bond donors (Lipinski definition) is 1. The summed E-state index contributed by atoms with van der Waals surface area (Å²) in [5.41, 5.74) is 5.30. The molecular weight excluding hydrogens is 491 g/mol. The van der Waals surface area contributed by atoms with Crippen molar-refractivity contribution in [1.82, 2.24) is 9.88 Å². The SMILES string of the molecule is COC1=C(CCC(=O)c2c(C)n(C(C)C3CCNC(c4cccc(F)c4)C3)c3ccccc23)C(=O)CC(C)=C1. The predicted molar refractivity (Wildman–Crippen MR) is 152 cm³/mol. The molecule has 2 heterocycles. The molecule has 0 amide bonds. The number of carbonyl (C=O) groups is 2. The lowest BCUT2D eigenvalue weighted by molar-refractivity contribution is -0.115. The summed E-state index contributed by atoms with van der Waals surface area (Å²) in [6.07, 6.45) is 4.78. The van der Waals surface area contributed by atoms with Gasteiger partial charge in [-0.3, -0.25) is 9.59 Å². The minimum absolute atomic E-state index is 0.0335. The highest BCUT2D eigenvalue weighted by molar-refractivity contribution is 6.10. The van der Waals surface area contributed by atoms with Crippen LogP contribution in [-0.4, -0.2) is 29.8 Å². The first kappa shape index (κ1) is 27.1. The number of aromatic nitrogens is 1. The number of methoxy groups -OCH3 is 1. The van der Waals surface area contributed by atoms with E-state index in [9.17, 15) is 14.0 Å². The van der Waals surface area contributed by atoms with E-state index in [0.29, 0.717) is 30.1 Å². The van der Waals surface area contributed by atoms with Crippen LogP contribution in [-0.2, 0) is 9.53 Å². The number of nitrogens with zero attached hydrogens (tertiary/aromatic N) is 1. The fraction of sp³-hybridized carbons (Fsp3) is 0.394. The number of allylic oxidation sites excluding steroid dienone is 3. The van der Waals surface area contributed by atoms with Gasteiger partial charge < -0.3 is 14.6 Å². The van der Waals surface area contributed by atoms with E-state index in [1.165, 1.54) is 6.07 Å². The summed E-state index contributed by atoms with van der Waals surface area (Å²) in [7, 11) is 1.57. The Morgan fingerprint density at radius 2 is 1.97 bits per heavy atom. The zero-order valence-electron chi connectivity index (χ0n) is 23.2. The number of para-hydroxylation sites is 1. The first-order valence-corrected chi connectivity index (χ1v) is 13.9. The molecule has 3 unspecified atom stereocenters. The summed E-state index contributed by atoms with van der Waals surface area (Å²) >= 11 is 0. The topological polar surface area (TPSA) is 60.3 Å². The van der Waals surface area contributed by atoms with E-state index in [0.717, 1.165) is 52.7 Å². The fourth-order valence-corrected chi connectivity index (χ4v) is 6.51. The first-order chi connectivity index (χ1) is 18.8. The quantitative estimate of drug-likeness (QED) is 0.315. The van der Waals surface area contributed by atoms with Crippen LogP contribution in [0, 0.1) is 18.7 Å². The van der Waals surface area contributed by atoms with Gasteiger partial charge in [0.2, 0.25) is 0 Å². The summed E-state index contributed by atoms with van der Waals surface area (Å²) in [5.74, 6) is 0.796. The molecule has 0 spiro atoms. The molecule has 5 rings (SSSR count). The van der Waals surface area contributed by atoms with Gasteiger partial charge in [0.1, 0.15) is 11.6 Å². The summed E-state index contributed by atoms with van der Waals surface area (Å²) in [6.45, 7) is 7.05. The molecule has 2 aliphatic rings. The van der Waals surface area contributed by atoms with Crippen molar-refractivity contribution in [3.05, 3.63) is 94.2 Å². The van der Waals surface area contributed by atoms with Crippen molar-refractivity contribution in [2.45, 2.75) is 65.0 Å². The Kier molecular flexibility index (Phi) is 7.85. The average Bonchev–Trinajstić information content (AvgIpc) is 3.23. The molecule has 1 aliphatic carbocycles. The molecule has 6 heteroatoms. The maximum atomic E-state index is 13.9. The highest BCUT2D eigenvalue weighted by Crippen LogP contribution is 2.39. The highest BCUT2D eigenvalue weighted by Gasteiger charge is 2.31. The van der Waals surface area contributed by atoms with Crippen molar-refractivity contribution >= 4 is 22.5 Å². The van der Waals surface area contributed by atoms with E-state index in [1.807, 2.05) is 44.2 Å². The number of piperidine rings is 1. The summed E-state index contributed by atoms with van der Waals surface area (Å²) in [4.78, 5) is 26.4. The molecule has 1 N–H and O–H groups in total. The molecule has 0 bridgehead atoms. The van der Waals surface area contributed by atoms with Gasteiger partial charge in [-0.2, -0.15) is 0 Å². The Morgan fingerprint density at radius 3 is 2.74 bits per heavy atom. The van der Waals surface area contributed by atoms with Crippen LogP contribution in [0.2, 0.25) is 0 Å². The van der Waals surface area contributed by atoms with Gasteiger partial charge in [-0.1, -0.05) is 35.9 Å². The summed E-state index contributed by atoms with van der Waals surface area (Å²) in [5, 5.41) is 4.51. The first-order valence-electron chi connectivity index (χ1n) is 13.9. The number of ketones is 2. The summed E-state index contributed by atoms with van der Waals surface area (Å²) in [6, 6.07) is 15.2. The second-order valence-corrected chi connectivity index (χ2v) is 11.0. The molecule has 3 aromatic rings. The van der Waals surface area contributed by atoms with E-state index in [4.69, 9.17) is 4.74 Å². The smallest absolute Gasteiger partial charge is 0.166 e. The van der Waals surface area contributed by atoms with Crippen LogP contribution in [0.1, 0.15) is 79.7 Å². The molecule has 39 heavy (non-hydrogen) atoms. The molecular formula is C33H37FN2O3. The molecule has 5 nitrogen and oxygen atoms in total. The van der Waals surface area contributed by atoms with Gasteiger partial charge in [-0.15, -0.1) is 0 Å². The van der Waals surface area contributed by atoms with E-state index < -0.39 is 0 Å². The van der Waals surface area contributed by atoms with Crippen LogP contribution in [0.25, 0.3) is 10.9 Å². The molecule has 1 fully saturated rings. The van der Waals surface area contributed by atoms with Gasteiger partial charge in [-0.05, 0) is 82.3 Å². The van der Waals surface area contributed by atoms with E-state index in [-0.39, 0.29) is 35.9 Å². The molecule has 1 aliphatic heterocycles. The predicted octanol–water partition coefficient (Wildman–Crippen LogP) is 7.17. The summed E-state index contributed by atoms with van der Waals surface area (Å²) < 4.78 is 21.7. The van der Waals surface area contributed by atoms with Crippen molar-refractivity contribution < 1.29 is 18.7 Å². The maximum absolute atomic E-state index is 13.9. The molecule has 0 radical (unpaired) electrons. The van der Waals surface area contributed by atoms with Crippen molar-refractivity contribution in [2.24, 2.45) is 5.92 Å². The van der Waals surface area contributed by atoms with E-state index >= 15 is 0 Å². The third-order valence-electron chi connectivity index (χ3n) is 8.49. The normalized spacial score (nSPS) is 20.7. The number of fused-ring (bicyclic) bond motifs is 1. The van der Waals surface area contributed by atoms with Crippen LogP contribution in [0.3, 0.4) is 0 Å². The van der Waals surface area contributed by atoms with Crippen LogP contribution in [0.15, 0.2) is 71.5 Å². The number of hydrogen-bond acceptors (Lipinski definition) is 4. The number of ether oxygens (including phenoxy) is 1. The van der Waals surface area contributed by atoms with Crippen molar-refractivity contribution in [3.8, 4) is 0 Å². The van der Waals surface area contributed by atoms with Gasteiger partial charge >= 0.3 is 0 Å². The van der Waals surface area contributed by atoms with Crippen LogP contribution >= 0.6 is 0 Å². The van der Waals surface area contributed by atoms with Crippen LogP contribution < -0.4 is 5.32 Å². The molecule has 2 aromatic carbocycles. The standard InChI is InChI=1S/C33H37FN2O3/c1-20-16-31(38)27(32(17-20)39-4)12-13-30(37)33-22(3)36(29-11-6-5-10-26(29)33)21(2)23-14-15-35-28(19-23)24-8-7-9-25(34)18-24/h5-11,17-18,21,23,28,35H,12-16,19H2,1-4H3. The Balaban J connectivity index is 1.42. The highest BCUT2D eigenvalue weighted by atomic mass is 19.1. The Hall–Kier alpha value is -3.51. The minimum Gasteiger partial charge on any atom is -0.496 e. The lowest BCUT2D eigenvalue weighted by Gasteiger charge is -2.35. The van der Waals surface area contributed by atoms with Gasteiger partial charge in [0.25, 0.3) is 0 Å². The average molecular weight is 529 g/mol. The minimum atomic E-state index is -0.214. The lowest BCUT2D eigenvalue weighted by atomic mass is 9.84. The van der Waals surface area contributed by atoms with Gasteiger partial charge in [0.15, 0.2) is 11.6 Å². The second-order valence-electron chi connectivity index (χ2n) is 11.0. The molecule has 1 saturated heterocycles. The molecule has 204 valence electrons. The molecule has 0 saturated carbocycles. The van der Waals surface area contributed by atoms with E-state index in [2.05, 4.69) is 22.9 Å². The third kappa shape index (κ3) is 5.35. The zero-order chi connectivity index (χ0) is 27.7. The number of carbonyl (C=O) groups excluding carboxylic acids is 2. The Bertz CT molecular complexity index is 1480. The number of Topliss-reactive ketones (excluding diaryl/α,β-unsaturated/α-hetero) is 2. The van der Waals surface area contributed by atoms with Crippen LogP contribution in [0.4, 0.5) is 4.39 Å². The Labute approximate surface area is 229 Å². The monoisotopic (exact) mass is 528 g/mol. The van der Waals surface area contributed by atoms with Crippen molar-refractivity contribution in [3.63, 3.8) is 0 Å². The van der Waals surface area contributed by atoms with Crippen molar-refractivity contribution in [1.29, 1.82) is 0 Å². The second kappa shape index (κ2) is 11.3. The maximum Gasteiger partial charge on any atom is 0.166 e. The molecule has 3 atom stereocenters. The van der Waals surface area contributed by atoms with Crippen molar-refractivity contribution in [2.75, 3.05) is 13.7 Å². The van der Waals surface area contributed by atoms with Crippen LogP contribution in [0.5, 0.6) is 0 Å². The fourth-order valence-electron chi connectivity index (χ4n) is 6.51. The molecule has 1 aromatic heterocycles. The number of nitrogens with one attached hydrogen (secondary N) is 1. The third-order valence-corrected chi connectivity index (χ3v) is 8.49. The van der Waals surface area contributed by atoms with Gasteiger partial charge in [0.05, 0.1) is 7.11 Å². The zero-order valence-corrected chi connectivity index (χ0v) is 23.2. The van der Waals surface area contributed by atoms with Gasteiger partial charge in [0, 0.05) is 52.7 Å².